The number of amides is 1. The molecule has 2 aromatic heterocycles. The van der Waals surface area contributed by atoms with E-state index in [1.54, 1.807) is 0 Å². The Morgan fingerprint density at radius 2 is 1.55 bits per heavy atom. The summed E-state index contributed by atoms with van der Waals surface area (Å²) in [4.78, 5) is 19.4. The summed E-state index contributed by atoms with van der Waals surface area (Å²) in [6.45, 7) is 8.11. The SMILES string of the molecule is Cn1nc(-c2ccc(OCc3ccccc3)nc2OCc2ccccc2)c2ccc(NC3CCC4CN(C(=O)OC(C)(C)C)CC4C3)cc21. The van der Waals surface area contributed by atoms with Crippen LogP contribution < -0.4 is 14.8 Å². The molecule has 49 heavy (non-hydrogen) atoms. The number of ether oxygens (including phenoxy) is 3. The fraction of sp³-hybridized carbons (Fsp3) is 0.375. The fourth-order valence-corrected chi connectivity index (χ4v) is 7.07. The zero-order chi connectivity index (χ0) is 34.0. The third kappa shape index (κ3) is 7.66. The average molecular weight is 660 g/mol. The van der Waals surface area contributed by atoms with Crippen LogP contribution in [0.5, 0.6) is 11.8 Å². The van der Waals surface area contributed by atoms with Gasteiger partial charge in [-0.15, -0.1) is 0 Å². The van der Waals surface area contributed by atoms with Crippen molar-refractivity contribution in [3.05, 3.63) is 102 Å². The second kappa shape index (κ2) is 13.8. The van der Waals surface area contributed by atoms with Crippen LogP contribution in [0.2, 0.25) is 0 Å². The van der Waals surface area contributed by atoms with Crippen molar-refractivity contribution >= 4 is 22.7 Å². The molecule has 0 spiro atoms. The molecule has 0 bridgehead atoms. The number of nitrogens with zero attached hydrogens (tertiary/aromatic N) is 4. The highest BCUT2D eigenvalue weighted by molar-refractivity contribution is 5.96. The van der Waals surface area contributed by atoms with E-state index in [1.807, 2.05) is 110 Å². The van der Waals surface area contributed by atoms with Crippen LogP contribution >= 0.6 is 0 Å². The van der Waals surface area contributed by atoms with E-state index in [0.717, 1.165) is 71.3 Å². The molecule has 1 saturated carbocycles. The van der Waals surface area contributed by atoms with E-state index >= 15 is 0 Å². The molecule has 1 N–H and O–H groups in total. The van der Waals surface area contributed by atoms with Crippen molar-refractivity contribution < 1.29 is 19.0 Å². The Morgan fingerprint density at radius 1 is 0.857 bits per heavy atom. The van der Waals surface area contributed by atoms with Gasteiger partial charge in [0.2, 0.25) is 11.8 Å². The fourth-order valence-electron chi connectivity index (χ4n) is 7.07. The molecule has 0 radical (unpaired) electrons. The summed E-state index contributed by atoms with van der Waals surface area (Å²) in [5.74, 6) is 1.99. The van der Waals surface area contributed by atoms with Crippen LogP contribution in [-0.2, 0) is 25.0 Å². The minimum Gasteiger partial charge on any atom is -0.473 e. The first-order chi connectivity index (χ1) is 23.7. The van der Waals surface area contributed by atoms with Gasteiger partial charge in [-0.2, -0.15) is 10.1 Å². The van der Waals surface area contributed by atoms with Crippen molar-refractivity contribution in [2.45, 2.75) is 64.9 Å². The Bertz CT molecular complexity index is 1900. The van der Waals surface area contributed by atoms with Gasteiger partial charge >= 0.3 is 6.09 Å². The van der Waals surface area contributed by atoms with Crippen LogP contribution in [0.25, 0.3) is 22.2 Å². The number of carbonyl (C=O) groups excluding carboxylic acids is 1. The van der Waals surface area contributed by atoms with E-state index < -0.39 is 5.60 Å². The van der Waals surface area contributed by atoms with E-state index in [1.165, 1.54) is 0 Å². The molecule has 7 rings (SSSR count). The van der Waals surface area contributed by atoms with Crippen LogP contribution in [0.1, 0.15) is 51.2 Å². The quantitative estimate of drug-likeness (QED) is 0.170. The Hall–Kier alpha value is -5.05. The van der Waals surface area contributed by atoms with E-state index in [0.29, 0.717) is 42.9 Å². The lowest BCUT2D eigenvalue weighted by Gasteiger charge is -2.32. The Morgan fingerprint density at radius 3 is 2.27 bits per heavy atom. The summed E-state index contributed by atoms with van der Waals surface area (Å²) < 4.78 is 20.0. The number of hydrogen-bond acceptors (Lipinski definition) is 7. The maximum Gasteiger partial charge on any atom is 0.410 e. The molecule has 1 aliphatic heterocycles. The molecule has 1 aliphatic carbocycles. The van der Waals surface area contributed by atoms with Crippen molar-refractivity contribution in [2.24, 2.45) is 18.9 Å². The number of hydrogen-bond donors (Lipinski definition) is 1. The number of fused-ring (bicyclic) bond motifs is 2. The van der Waals surface area contributed by atoms with Crippen molar-refractivity contribution in [2.75, 3.05) is 18.4 Å². The molecular weight excluding hydrogens is 614 g/mol. The van der Waals surface area contributed by atoms with Crippen molar-refractivity contribution in [3.63, 3.8) is 0 Å². The van der Waals surface area contributed by atoms with Crippen LogP contribution in [-0.4, -0.2) is 50.5 Å². The molecule has 9 heteroatoms. The third-order valence-electron chi connectivity index (χ3n) is 9.46. The number of likely N-dealkylation sites (tertiary alicyclic amines) is 1. The maximum absolute atomic E-state index is 12.7. The van der Waals surface area contributed by atoms with E-state index in [-0.39, 0.29) is 6.09 Å². The van der Waals surface area contributed by atoms with Crippen LogP contribution in [0.4, 0.5) is 10.5 Å². The summed E-state index contributed by atoms with van der Waals surface area (Å²) in [6, 6.07) is 30.8. The van der Waals surface area contributed by atoms with Crippen molar-refractivity contribution in [3.8, 4) is 23.0 Å². The first kappa shape index (κ1) is 32.5. The van der Waals surface area contributed by atoms with Crippen LogP contribution in [0.3, 0.4) is 0 Å². The molecule has 5 aromatic rings. The number of aromatic nitrogens is 3. The van der Waals surface area contributed by atoms with Gasteiger partial charge in [-0.25, -0.2) is 4.79 Å². The number of pyridine rings is 1. The van der Waals surface area contributed by atoms with Gasteiger partial charge in [-0.05, 0) is 87.3 Å². The highest BCUT2D eigenvalue weighted by Gasteiger charge is 2.40. The monoisotopic (exact) mass is 659 g/mol. The zero-order valence-electron chi connectivity index (χ0n) is 28.8. The van der Waals surface area contributed by atoms with E-state index in [9.17, 15) is 4.79 Å². The lowest BCUT2D eigenvalue weighted by Crippen LogP contribution is -2.35. The number of anilines is 1. The highest BCUT2D eigenvalue weighted by atomic mass is 16.6. The molecule has 1 amide bonds. The predicted molar refractivity (Wildman–Crippen MR) is 192 cm³/mol. The number of nitrogens with one attached hydrogen (secondary N) is 1. The average Bonchev–Trinajstić information content (AvgIpc) is 3.67. The number of aryl methyl sites for hydroxylation is 1. The van der Waals surface area contributed by atoms with Gasteiger partial charge in [0.15, 0.2) is 0 Å². The summed E-state index contributed by atoms with van der Waals surface area (Å²) >= 11 is 0. The maximum atomic E-state index is 12.7. The summed E-state index contributed by atoms with van der Waals surface area (Å²) in [5.41, 5.74) is 5.34. The van der Waals surface area contributed by atoms with Gasteiger partial charge in [0.25, 0.3) is 0 Å². The molecule has 9 nitrogen and oxygen atoms in total. The first-order valence-electron chi connectivity index (χ1n) is 17.2. The molecule has 3 heterocycles. The smallest absolute Gasteiger partial charge is 0.410 e. The van der Waals surface area contributed by atoms with Gasteiger partial charge < -0.3 is 24.4 Å². The third-order valence-corrected chi connectivity index (χ3v) is 9.46. The largest absolute Gasteiger partial charge is 0.473 e. The summed E-state index contributed by atoms with van der Waals surface area (Å²) in [5, 5.41) is 9.78. The van der Waals surface area contributed by atoms with Gasteiger partial charge in [0, 0.05) is 43.3 Å². The standard InChI is InChI=1S/C40H45N5O4/c1-40(2,3)49-39(46)45-23-29-15-16-31(21-30(29)24-45)41-32-17-18-33-35(22-32)44(4)43-37(33)34-19-20-36(47-25-27-11-7-5-8-12-27)42-38(34)48-26-28-13-9-6-10-14-28/h5-14,17-20,22,29-31,41H,15-16,21,23-26H2,1-4H3. The second-order valence-electron chi connectivity index (χ2n) is 14.3. The number of carbonyl (C=O) groups is 1. The first-order valence-corrected chi connectivity index (χ1v) is 17.2. The van der Waals surface area contributed by atoms with Gasteiger partial charge in [-0.1, -0.05) is 60.7 Å². The molecule has 3 aromatic carbocycles. The molecule has 254 valence electrons. The summed E-state index contributed by atoms with van der Waals surface area (Å²) in [6.07, 6.45) is 3.01. The Labute approximate surface area is 288 Å². The van der Waals surface area contributed by atoms with Crippen molar-refractivity contribution in [1.29, 1.82) is 0 Å². The molecule has 1 saturated heterocycles. The van der Waals surface area contributed by atoms with Crippen LogP contribution in [0, 0.1) is 11.8 Å². The minimum atomic E-state index is -0.479. The normalized spacial score (nSPS) is 19.0. The Kier molecular flexibility index (Phi) is 9.17. The Balaban J connectivity index is 1.08. The van der Waals surface area contributed by atoms with E-state index in [2.05, 4.69) is 23.5 Å². The molecule has 3 atom stereocenters. The van der Waals surface area contributed by atoms with Crippen LogP contribution in [0.15, 0.2) is 91.0 Å². The predicted octanol–water partition coefficient (Wildman–Crippen LogP) is 8.24. The van der Waals surface area contributed by atoms with Crippen molar-refractivity contribution in [1.82, 2.24) is 19.7 Å². The molecule has 2 fully saturated rings. The highest BCUT2D eigenvalue weighted by Crippen LogP contribution is 2.39. The lowest BCUT2D eigenvalue weighted by atomic mass is 9.79. The van der Waals surface area contributed by atoms with Gasteiger partial charge in [0.05, 0.1) is 11.1 Å². The molecular formula is C40H45N5O4. The summed E-state index contributed by atoms with van der Waals surface area (Å²) in [7, 11) is 1.97. The topological polar surface area (TPSA) is 90.7 Å². The molecule has 3 unspecified atom stereocenters. The zero-order valence-corrected chi connectivity index (χ0v) is 28.8. The van der Waals surface area contributed by atoms with Gasteiger partial charge in [0.1, 0.15) is 24.5 Å². The number of rotatable bonds is 9. The lowest BCUT2D eigenvalue weighted by molar-refractivity contribution is 0.0284. The van der Waals surface area contributed by atoms with Gasteiger partial charge in [-0.3, -0.25) is 4.68 Å². The van der Waals surface area contributed by atoms with E-state index in [4.69, 9.17) is 24.3 Å². The minimum absolute atomic E-state index is 0.193. The number of benzene rings is 3. The molecule has 2 aliphatic rings. The second-order valence-corrected chi connectivity index (χ2v) is 14.3.